The van der Waals surface area contributed by atoms with Crippen LogP contribution in [0.2, 0.25) is 0 Å². The Balaban J connectivity index is 1.51. The van der Waals surface area contributed by atoms with Gasteiger partial charge in [0.15, 0.2) is 0 Å². The van der Waals surface area contributed by atoms with Gasteiger partial charge in [0.25, 0.3) is 15.9 Å². The molecule has 8 heteroatoms. The Kier molecular flexibility index (Phi) is 6.62. The molecule has 0 radical (unpaired) electrons. The summed E-state index contributed by atoms with van der Waals surface area (Å²) in [5.41, 5.74) is 2.16. The number of hydrogen-bond donors (Lipinski definition) is 1. The van der Waals surface area contributed by atoms with Crippen molar-refractivity contribution in [2.24, 2.45) is 4.40 Å². The van der Waals surface area contributed by atoms with Gasteiger partial charge in [-0.3, -0.25) is 4.79 Å². The lowest BCUT2D eigenvalue weighted by molar-refractivity contribution is 0.0941. The van der Waals surface area contributed by atoms with Crippen molar-refractivity contribution < 1.29 is 13.2 Å². The molecule has 0 spiro atoms. The first-order chi connectivity index (χ1) is 15.3. The normalized spacial score (nSPS) is 18.2. The minimum atomic E-state index is -3.81. The molecule has 0 saturated carbocycles. The molecular weight excluding hydrogens is 424 g/mol. The summed E-state index contributed by atoms with van der Waals surface area (Å²) in [7, 11) is 0.164. The van der Waals surface area contributed by atoms with Crippen molar-refractivity contribution in [2.45, 2.75) is 43.0 Å². The van der Waals surface area contributed by atoms with Gasteiger partial charge in [0.2, 0.25) is 0 Å². The molecule has 2 heterocycles. The number of fused-ring (bicyclic) bond motifs is 3. The Labute approximate surface area is 190 Å². The van der Waals surface area contributed by atoms with E-state index in [1.165, 1.54) is 11.6 Å². The molecule has 32 heavy (non-hydrogen) atoms. The zero-order valence-electron chi connectivity index (χ0n) is 18.6. The van der Waals surface area contributed by atoms with Crippen molar-refractivity contribution >= 4 is 27.5 Å². The van der Waals surface area contributed by atoms with Crippen LogP contribution in [-0.2, 0) is 16.4 Å². The van der Waals surface area contributed by atoms with Gasteiger partial charge in [-0.2, -0.15) is 8.42 Å². The molecule has 2 aromatic rings. The summed E-state index contributed by atoms with van der Waals surface area (Å²) in [6.45, 7) is 1.20. The predicted octanol–water partition coefficient (Wildman–Crippen LogP) is 3.07. The SMILES string of the molecule is CN(C)C(CNC(=O)c1ccc2c(c1)S(=O)(=O)N=C1CCCCCN12)Cc1ccccc1. The van der Waals surface area contributed by atoms with E-state index in [1.54, 1.807) is 12.1 Å². The first kappa shape index (κ1) is 22.5. The molecule has 2 aromatic carbocycles. The molecule has 1 saturated heterocycles. The monoisotopic (exact) mass is 454 g/mol. The van der Waals surface area contributed by atoms with Crippen LogP contribution in [-0.4, -0.2) is 58.3 Å². The minimum Gasteiger partial charge on any atom is -0.350 e. The number of benzene rings is 2. The smallest absolute Gasteiger partial charge is 0.286 e. The van der Waals surface area contributed by atoms with Crippen LogP contribution >= 0.6 is 0 Å². The Morgan fingerprint density at radius 1 is 1.12 bits per heavy atom. The Morgan fingerprint density at radius 2 is 1.91 bits per heavy atom. The van der Waals surface area contributed by atoms with Crippen molar-refractivity contribution in [3.63, 3.8) is 0 Å². The average Bonchev–Trinajstić information content (AvgIpc) is 3.01. The second kappa shape index (κ2) is 9.42. The molecule has 7 nitrogen and oxygen atoms in total. The van der Waals surface area contributed by atoms with E-state index in [1.807, 2.05) is 37.2 Å². The molecule has 0 aliphatic carbocycles. The van der Waals surface area contributed by atoms with E-state index in [-0.39, 0.29) is 16.8 Å². The zero-order chi connectivity index (χ0) is 22.7. The van der Waals surface area contributed by atoms with Crippen molar-refractivity contribution in [1.82, 2.24) is 10.2 Å². The standard InChI is InChI=1S/C24H30N4O3S/c1-27(2)20(15-18-9-5-3-6-10-18)17-25-24(29)19-12-13-21-22(16-19)32(30,31)26-23-11-7-4-8-14-28(21)23/h3,5-6,9-10,12-13,16,20H,4,7-8,11,14-15,17H2,1-2H3,(H,25,29). The number of anilines is 1. The highest BCUT2D eigenvalue weighted by molar-refractivity contribution is 7.90. The van der Waals surface area contributed by atoms with Crippen molar-refractivity contribution in [3.8, 4) is 0 Å². The van der Waals surface area contributed by atoms with Crippen molar-refractivity contribution in [2.75, 3.05) is 32.1 Å². The van der Waals surface area contributed by atoms with Crippen LogP contribution in [0.1, 0.15) is 41.6 Å². The molecule has 4 rings (SSSR count). The van der Waals surface area contributed by atoms with Gasteiger partial charge in [-0.25, -0.2) is 0 Å². The van der Waals surface area contributed by atoms with Crippen molar-refractivity contribution in [3.05, 3.63) is 59.7 Å². The van der Waals surface area contributed by atoms with Crippen LogP contribution in [0.5, 0.6) is 0 Å². The molecule has 0 bridgehead atoms. The average molecular weight is 455 g/mol. The maximum Gasteiger partial charge on any atom is 0.286 e. The third-order valence-corrected chi connectivity index (χ3v) is 7.49. The predicted molar refractivity (Wildman–Crippen MR) is 127 cm³/mol. The summed E-state index contributed by atoms with van der Waals surface area (Å²) in [4.78, 5) is 17.1. The van der Waals surface area contributed by atoms with Crippen LogP contribution in [0.3, 0.4) is 0 Å². The quantitative estimate of drug-likeness (QED) is 0.725. The second-order valence-corrected chi connectivity index (χ2v) is 10.2. The molecule has 170 valence electrons. The lowest BCUT2D eigenvalue weighted by Crippen LogP contribution is -2.41. The Bertz CT molecular complexity index is 1110. The number of amides is 1. The van der Waals surface area contributed by atoms with Gasteiger partial charge in [0.1, 0.15) is 10.7 Å². The van der Waals surface area contributed by atoms with E-state index in [0.717, 1.165) is 32.2 Å². The fourth-order valence-corrected chi connectivity index (χ4v) is 5.54. The number of amidine groups is 1. The Hall–Kier alpha value is -2.71. The number of nitrogens with zero attached hydrogens (tertiary/aromatic N) is 3. The van der Waals surface area contributed by atoms with Crippen LogP contribution in [0.25, 0.3) is 0 Å². The van der Waals surface area contributed by atoms with Gasteiger partial charge in [-0.1, -0.05) is 36.8 Å². The molecule has 0 aromatic heterocycles. The number of rotatable bonds is 6. The van der Waals surface area contributed by atoms with Gasteiger partial charge in [-0.05, 0) is 57.1 Å². The lowest BCUT2D eigenvalue weighted by atomic mass is 10.0. The zero-order valence-corrected chi connectivity index (χ0v) is 19.4. The second-order valence-electron chi connectivity index (χ2n) is 8.64. The number of sulfonamides is 1. The lowest BCUT2D eigenvalue weighted by Gasteiger charge is -2.29. The number of likely N-dealkylation sites (N-methyl/N-ethyl adjacent to an activating group) is 1. The fraction of sp³-hybridized carbons (Fsp3) is 0.417. The molecular formula is C24H30N4O3S. The molecule has 1 fully saturated rings. The van der Waals surface area contributed by atoms with E-state index < -0.39 is 10.0 Å². The van der Waals surface area contributed by atoms with Crippen LogP contribution < -0.4 is 10.2 Å². The molecule has 1 atom stereocenters. The third-order valence-electron chi connectivity index (χ3n) is 6.15. The van der Waals surface area contributed by atoms with E-state index in [9.17, 15) is 13.2 Å². The molecule has 1 N–H and O–H groups in total. The molecule has 2 aliphatic rings. The first-order valence-corrected chi connectivity index (χ1v) is 12.5. The van der Waals surface area contributed by atoms with E-state index >= 15 is 0 Å². The molecule has 1 amide bonds. The highest BCUT2D eigenvalue weighted by atomic mass is 32.2. The molecule has 1 unspecified atom stereocenters. The summed E-state index contributed by atoms with van der Waals surface area (Å²) < 4.78 is 29.7. The summed E-state index contributed by atoms with van der Waals surface area (Å²) in [5, 5.41) is 2.98. The number of carbonyl (C=O) groups is 1. The Morgan fingerprint density at radius 3 is 2.66 bits per heavy atom. The summed E-state index contributed by atoms with van der Waals surface area (Å²) in [6.07, 6.45) is 4.46. The first-order valence-electron chi connectivity index (χ1n) is 11.1. The van der Waals surface area contributed by atoms with Gasteiger partial charge in [-0.15, -0.1) is 4.40 Å². The third kappa shape index (κ3) is 4.86. The maximum absolute atomic E-state index is 12.9. The van der Waals surface area contributed by atoms with Crippen LogP contribution in [0, 0.1) is 0 Å². The minimum absolute atomic E-state index is 0.115. The van der Waals surface area contributed by atoms with E-state index in [2.05, 4.69) is 26.7 Å². The summed E-state index contributed by atoms with van der Waals surface area (Å²) in [6, 6.07) is 15.2. The number of nitrogens with one attached hydrogen (secondary N) is 1. The highest BCUT2D eigenvalue weighted by Crippen LogP contribution is 2.35. The summed E-state index contributed by atoms with van der Waals surface area (Å²) >= 11 is 0. The maximum atomic E-state index is 12.9. The van der Waals surface area contributed by atoms with Crippen molar-refractivity contribution in [1.29, 1.82) is 0 Å². The van der Waals surface area contributed by atoms with Gasteiger partial charge in [0, 0.05) is 31.1 Å². The molecule has 2 aliphatic heterocycles. The largest absolute Gasteiger partial charge is 0.350 e. The number of hydrogen-bond acceptors (Lipinski definition) is 5. The fourth-order valence-electron chi connectivity index (χ4n) is 4.26. The van der Waals surface area contributed by atoms with Gasteiger partial charge >= 0.3 is 0 Å². The topological polar surface area (TPSA) is 82.1 Å². The van der Waals surface area contributed by atoms with Crippen LogP contribution in [0.15, 0.2) is 57.8 Å². The van der Waals surface area contributed by atoms with Gasteiger partial charge < -0.3 is 15.1 Å². The van der Waals surface area contributed by atoms with E-state index in [4.69, 9.17) is 0 Å². The van der Waals surface area contributed by atoms with Gasteiger partial charge in [0.05, 0.1) is 5.69 Å². The highest BCUT2D eigenvalue weighted by Gasteiger charge is 2.32. The number of carbonyl (C=O) groups excluding carboxylic acids is 1. The van der Waals surface area contributed by atoms with Crippen LogP contribution in [0.4, 0.5) is 5.69 Å². The summed E-state index contributed by atoms with van der Waals surface area (Å²) in [5.74, 6) is 0.329. The van der Waals surface area contributed by atoms with E-state index in [0.29, 0.717) is 30.1 Å².